The Morgan fingerprint density at radius 1 is 1.50 bits per heavy atom. The first-order chi connectivity index (χ1) is 8.54. The Morgan fingerprint density at radius 3 is 2.78 bits per heavy atom. The molecule has 4 nitrogen and oxygen atoms in total. The summed E-state index contributed by atoms with van der Waals surface area (Å²) in [7, 11) is 1.69. The van der Waals surface area contributed by atoms with Gasteiger partial charge in [-0.05, 0) is 25.0 Å². The van der Waals surface area contributed by atoms with E-state index in [0.717, 1.165) is 18.9 Å². The largest absolute Gasteiger partial charge is 0.383 e. The van der Waals surface area contributed by atoms with Crippen LogP contribution in [0.3, 0.4) is 0 Å². The van der Waals surface area contributed by atoms with E-state index in [0.29, 0.717) is 18.1 Å². The van der Waals surface area contributed by atoms with Gasteiger partial charge < -0.3 is 9.64 Å². The number of hydrogen-bond acceptors (Lipinski definition) is 4. The van der Waals surface area contributed by atoms with Crippen molar-refractivity contribution in [2.75, 3.05) is 31.7 Å². The van der Waals surface area contributed by atoms with Gasteiger partial charge in [-0.1, -0.05) is 13.8 Å². The quantitative estimate of drug-likeness (QED) is 0.697. The lowest BCUT2D eigenvalue weighted by Crippen LogP contribution is -2.31. The molecule has 0 saturated carbocycles. The highest BCUT2D eigenvalue weighted by Gasteiger charge is 2.11. The smallest absolute Gasteiger partial charge is 0.159 e. The number of ether oxygens (including phenoxy) is 1. The maximum atomic E-state index is 11.4. The van der Waals surface area contributed by atoms with Crippen molar-refractivity contribution in [3.8, 4) is 0 Å². The highest BCUT2D eigenvalue weighted by Crippen LogP contribution is 2.14. The molecule has 0 unspecified atom stereocenters. The van der Waals surface area contributed by atoms with Crippen LogP contribution < -0.4 is 4.90 Å². The molecule has 1 rings (SSSR count). The fraction of sp³-hybridized carbons (Fsp3) is 0.571. The molecule has 0 bridgehead atoms. The number of methoxy groups -OCH3 is 1. The first-order valence-corrected chi connectivity index (χ1v) is 6.25. The van der Waals surface area contributed by atoms with Gasteiger partial charge in [0.05, 0.1) is 6.61 Å². The number of rotatable bonds is 7. The molecule has 1 heterocycles. The van der Waals surface area contributed by atoms with Crippen LogP contribution >= 0.6 is 0 Å². The minimum absolute atomic E-state index is 0.0647. The molecular formula is C14H22N2O2. The number of pyridine rings is 1. The average Bonchev–Trinajstić information content (AvgIpc) is 2.34. The van der Waals surface area contributed by atoms with E-state index in [4.69, 9.17) is 4.74 Å². The van der Waals surface area contributed by atoms with E-state index in [9.17, 15) is 4.79 Å². The van der Waals surface area contributed by atoms with Crippen LogP contribution in [0.1, 0.15) is 31.1 Å². The lowest BCUT2D eigenvalue weighted by atomic mass is 10.1. The fourth-order valence-electron chi connectivity index (χ4n) is 1.75. The Bertz CT molecular complexity index is 391. The zero-order valence-electron chi connectivity index (χ0n) is 11.6. The van der Waals surface area contributed by atoms with Crippen LogP contribution in [-0.2, 0) is 4.74 Å². The van der Waals surface area contributed by atoms with E-state index in [1.165, 1.54) is 0 Å². The van der Waals surface area contributed by atoms with E-state index in [-0.39, 0.29) is 5.78 Å². The third-order valence-corrected chi connectivity index (χ3v) is 2.63. The molecule has 0 aliphatic rings. The van der Waals surface area contributed by atoms with Crippen LogP contribution in [0.4, 0.5) is 5.82 Å². The number of anilines is 1. The van der Waals surface area contributed by atoms with E-state index in [1.54, 1.807) is 26.3 Å². The van der Waals surface area contributed by atoms with Gasteiger partial charge in [0, 0.05) is 32.0 Å². The van der Waals surface area contributed by atoms with E-state index in [1.807, 2.05) is 6.07 Å². The Hall–Kier alpha value is -1.42. The van der Waals surface area contributed by atoms with Crippen molar-refractivity contribution in [3.05, 3.63) is 23.9 Å². The SMILES string of the molecule is COCCN(CC(C)C)c1cc(C(C)=O)ccn1. The second-order valence-corrected chi connectivity index (χ2v) is 4.79. The second kappa shape index (κ2) is 7.11. The molecule has 0 fully saturated rings. The van der Waals surface area contributed by atoms with Gasteiger partial charge in [0.25, 0.3) is 0 Å². The van der Waals surface area contributed by atoms with Crippen LogP contribution in [0.15, 0.2) is 18.3 Å². The highest BCUT2D eigenvalue weighted by atomic mass is 16.5. The summed E-state index contributed by atoms with van der Waals surface area (Å²) in [6.07, 6.45) is 1.69. The number of carbonyl (C=O) groups excluding carboxylic acids is 1. The van der Waals surface area contributed by atoms with Crippen LogP contribution in [0.25, 0.3) is 0 Å². The van der Waals surface area contributed by atoms with Gasteiger partial charge in [-0.3, -0.25) is 4.79 Å². The van der Waals surface area contributed by atoms with E-state index >= 15 is 0 Å². The normalized spacial score (nSPS) is 10.7. The predicted molar refractivity (Wildman–Crippen MR) is 73.2 cm³/mol. The molecule has 1 aromatic heterocycles. The second-order valence-electron chi connectivity index (χ2n) is 4.79. The average molecular weight is 250 g/mol. The first kappa shape index (κ1) is 14.6. The van der Waals surface area contributed by atoms with Crippen molar-refractivity contribution in [1.82, 2.24) is 4.98 Å². The van der Waals surface area contributed by atoms with Gasteiger partial charge in [-0.25, -0.2) is 4.98 Å². The van der Waals surface area contributed by atoms with Crippen molar-refractivity contribution in [1.29, 1.82) is 0 Å². The molecule has 1 aromatic rings. The minimum Gasteiger partial charge on any atom is -0.383 e. The fourth-order valence-corrected chi connectivity index (χ4v) is 1.75. The number of carbonyl (C=O) groups is 1. The maximum Gasteiger partial charge on any atom is 0.159 e. The summed E-state index contributed by atoms with van der Waals surface area (Å²) in [6.45, 7) is 8.23. The van der Waals surface area contributed by atoms with E-state index in [2.05, 4.69) is 23.7 Å². The zero-order chi connectivity index (χ0) is 13.5. The Morgan fingerprint density at radius 2 is 2.22 bits per heavy atom. The van der Waals surface area contributed by atoms with Crippen LogP contribution in [0, 0.1) is 5.92 Å². The summed E-state index contributed by atoms with van der Waals surface area (Å²) >= 11 is 0. The molecule has 0 N–H and O–H groups in total. The minimum atomic E-state index is 0.0647. The number of ketones is 1. The van der Waals surface area contributed by atoms with Gasteiger partial charge in [0.2, 0.25) is 0 Å². The lowest BCUT2D eigenvalue weighted by Gasteiger charge is -2.25. The predicted octanol–water partition coefficient (Wildman–Crippen LogP) is 2.39. The molecule has 0 spiro atoms. The number of Topliss-reactive ketones (excluding diaryl/α,β-unsaturated/α-hetero) is 1. The Labute approximate surface area is 109 Å². The molecular weight excluding hydrogens is 228 g/mol. The van der Waals surface area contributed by atoms with Crippen molar-refractivity contribution in [3.63, 3.8) is 0 Å². The topological polar surface area (TPSA) is 42.4 Å². The third kappa shape index (κ3) is 4.45. The van der Waals surface area contributed by atoms with Gasteiger partial charge in [-0.15, -0.1) is 0 Å². The molecule has 100 valence electrons. The summed E-state index contributed by atoms with van der Waals surface area (Å²) in [5, 5.41) is 0. The molecule has 0 saturated heterocycles. The molecule has 0 atom stereocenters. The molecule has 0 amide bonds. The van der Waals surface area contributed by atoms with Gasteiger partial charge >= 0.3 is 0 Å². The van der Waals surface area contributed by atoms with E-state index < -0.39 is 0 Å². The molecule has 0 aromatic carbocycles. The molecule has 0 radical (unpaired) electrons. The van der Waals surface area contributed by atoms with Crippen LogP contribution in [0.5, 0.6) is 0 Å². The number of nitrogens with zero attached hydrogens (tertiary/aromatic N) is 2. The molecule has 18 heavy (non-hydrogen) atoms. The van der Waals surface area contributed by atoms with Gasteiger partial charge in [0.1, 0.15) is 5.82 Å². The van der Waals surface area contributed by atoms with Crippen LogP contribution in [0.2, 0.25) is 0 Å². The zero-order valence-corrected chi connectivity index (χ0v) is 11.6. The molecule has 4 heteroatoms. The Balaban J connectivity index is 2.89. The first-order valence-electron chi connectivity index (χ1n) is 6.25. The summed E-state index contributed by atoms with van der Waals surface area (Å²) in [5.74, 6) is 1.44. The monoisotopic (exact) mass is 250 g/mol. The maximum absolute atomic E-state index is 11.4. The van der Waals surface area contributed by atoms with Gasteiger partial charge in [0.15, 0.2) is 5.78 Å². The lowest BCUT2D eigenvalue weighted by molar-refractivity contribution is 0.101. The third-order valence-electron chi connectivity index (χ3n) is 2.63. The Kier molecular flexibility index (Phi) is 5.78. The van der Waals surface area contributed by atoms with Crippen LogP contribution in [-0.4, -0.2) is 37.6 Å². The highest BCUT2D eigenvalue weighted by molar-refractivity contribution is 5.94. The number of aromatic nitrogens is 1. The molecule has 0 aliphatic heterocycles. The molecule has 0 aliphatic carbocycles. The van der Waals surface area contributed by atoms with Crippen molar-refractivity contribution in [2.24, 2.45) is 5.92 Å². The standard InChI is InChI=1S/C14H22N2O2/c1-11(2)10-16(7-8-18-4)14-9-13(12(3)17)5-6-15-14/h5-6,9,11H,7-8,10H2,1-4H3. The summed E-state index contributed by atoms with van der Waals surface area (Å²) in [6, 6.07) is 3.59. The number of hydrogen-bond donors (Lipinski definition) is 0. The summed E-state index contributed by atoms with van der Waals surface area (Å²) < 4.78 is 5.12. The van der Waals surface area contributed by atoms with Crippen molar-refractivity contribution >= 4 is 11.6 Å². The summed E-state index contributed by atoms with van der Waals surface area (Å²) in [5.41, 5.74) is 0.700. The van der Waals surface area contributed by atoms with Crippen molar-refractivity contribution < 1.29 is 9.53 Å². The summed E-state index contributed by atoms with van der Waals surface area (Å²) in [4.78, 5) is 17.9. The van der Waals surface area contributed by atoms with Crippen molar-refractivity contribution in [2.45, 2.75) is 20.8 Å². The van der Waals surface area contributed by atoms with Gasteiger partial charge in [-0.2, -0.15) is 0 Å².